The number of amides is 2. The maximum absolute atomic E-state index is 12.7. The molecule has 2 N–H and O–H groups in total. The van der Waals surface area contributed by atoms with Crippen molar-refractivity contribution in [2.24, 2.45) is 0 Å². The predicted molar refractivity (Wildman–Crippen MR) is 159 cm³/mol. The molecule has 2 heterocycles. The van der Waals surface area contributed by atoms with Crippen LogP contribution in [-0.2, 0) is 0 Å². The molecule has 198 valence electrons. The molecule has 1 aliphatic heterocycles. The number of carbonyl (C=O) groups excluding carboxylic acids is 2. The van der Waals surface area contributed by atoms with Crippen molar-refractivity contribution in [1.29, 1.82) is 0 Å². The summed E-state index contributed by atoms with van der Waals surface area (Å²) < 4.78 is 5.68. The van der Waals surface area contributed by atoms with E-state index >= 15 is 0 Å². The molecule has 0 spiro atoms. The molecule has 2 amide bonds. The molecule has 0 bridgehead atoms. The van der Waals surface area contributed by atoms with Gasteiger partial charge in [-0.25, -0.2) is 0 Å². The Morgan fingerprint density at radius 2 is 1.56 bits per heavy atom. The van der Waals surface area contributed by atoms with Gasteiger partial charge in [-0.1, -0.05) is 41.4 Å². The van der Waals surface area contributed by atoms with E-state index in [0.717, 1.165) is 24.5 Å². The fourth-order valence-electron chi connectivity index (χ4n) is 4.30. The van der Waals surface area contributed by atoms with Crippen molar-refractivity contribution in [2.75, 3.05) is 36.4 Å². The molecule has 0 atom stereocenters. The third-order valence-corrected chi connectivity index (χ3v) is 7.10. The van der Waals surface area contributed by atoms with Gasteiger partial charge in [0.15, 0.2) is 10.9 Å². The first-order chi connectivity index (χ1) is 18.9. The smallest absolute Gasteiger partial charge is 0.293 e. The number of hydrogen-bond donors (Lipinski definition) is 2. The third-order valence-electron chi connectivity index (χ3n) is 6.33. The Bertz CT molecular complexity index is 1500. The number of piperazine rings is 1. The van der Waals surface area contributed by atoms with Crippen molar-refractivity contribution < 1.29 is 14.0 Å². The van der Waals surface area contributed by atoms with E-state index in [1.165, 1.54) is 0 Å². The summed E-state index contributed by atoms with van der Waals surface area (Å²) in [5.74, 6) is 0.0821. The van der Waals surface area contributed by atoms with Gasteiger partial charge in [-0.15, -0.1) is 0 Å². The zero-order chi connectivity index (χ0) is 27.4. The summed E-state index contributed by atoms with van der Waals surface area (Å²) in [6.45, 7) is 2.79. The third kappa shape index (κ3) is 6.42. The van der Waals surface area contributed by atoms with Crippen LogP contribution in [0.2, 0.25) is 10.0 Å². The van der Waals surface area contributed by atoms with Gasteiger partial charge in [0.2, 0.25) is 0 Å². The first-order valence-corrected chi connectivity index (χ1v) is 13.4. The average molecular weight is 580 g/mol. The summed E-state index contributed by atoms with van der Waals surface area (Å²) in [5, 5.41) is 6.75. The van der Waals surface area contributed by atoms with E-state index in [4.69, 9.17) is 39.8 Å². The zero-order valence-electron chi connectivity index (χ0n) is 20.7. The minimum absolute atomic E-state index is 0.0596. The molecule has 0 radical (unpaired) electrons. The second-order valence-electron chi connectivity index (χ2n) is 8.89. The summed E-state index contributed by atoms with van der Waals surface area (Å²) >= 11 is 17.6. The van der Waals surface area contributed by atoms with Crippen LogP contribution in [0.25, 0.3) is 11.3 Å². The lowest BCUT2D eigenvalue weighted by molar-refractivity contribution is 0.0746. The van der Waals surface area contributed by atoms with Gasteiger partial charge >= 0.3 is 0 Å². The number of anilines is 2. The zero-order valence-corrected chi connectivity index (χ0v) is 23.0. The Labute approximate surface area is 241 Å². The molecule has 1 aliphatic rings. The van der Waals surface area contributed by atoms with Crippen LogP contribution >= 0.6 is 35.4 Å². The van der Waals surface area contributed by atoms with E-state index < -0.39 is 5.91 Å². The van der Waals surface area contributed by atoms with Gasteiger partial charge in [0.05, 0.1) is 5.02 Å². The lowest BCUT2D eigenvalue weighted by atomic mass is 10.1. The number of benzene rings is 3. The molecule has 1 aromatic heterocycles. The molecule has 1 fully saturated rings. The Balaban J connectivity index is 1.13. The molecular formula is C29H24Cl2N4O3S. The van der Waals surface area contributed by atoms with E-state index in [2.05, 4.69) is 15.5 Å². The van der Waals surface area contributed by atoms with Crippen molar-refractivity contribution in [1.82, 2.24) is 10.2 Å². The molecule has 3 aromatic carbocycles. The minimum Gasteiger partial charge on any atom is -0.451 e. The molecular weight excluding hydrogens is 555 g/mol. The molecule has 0 saturated carbocycles. The van der Waals surface area contributed by atoms with Crippen molar-refractivity contribution in [3.8, 4) is 11.3 Å². The summed E-state index contributed by atoms with van der Waals surface area (Å²) in [6, 6.07) is 25.3. The molecule has 0 aliphatic carbocycles. The lowest BCUT2D eigenvalue weighted by Crippen LogP contribution is -2.48. The molecule has 4 aromatic rings. The Morgan fingerprint density at radius 1 is 0.846 bits per heavy atom. The van der Waals surface area contributed by atoms with Crippen LogP contribution in [0.5, 0.6) is 0 Å². The van der Waals surface area contributed by atoms with Gasteiger partial charge in [0, 0.05) is 53.7 Å². The summed E-state index contributed by atoms with van der Waals surface area (Å²) in [7, 11) is 0. The standard InChI is InChI=1S/C29H24Cl2N4O3S/c30-20-6-11-24(31)23(18-20)25-12-13-26(38-25)27(36)33-29(39)32-21-7-9-22(10-8-21)34-14-16-35(17-15-34)28(37)19-4-2-1-3-5-19/h1-13,18H,14-17H2,(H2,32,33,36,39). The van der Waals surface area contributed by atoms with Gasteiger partial charge in [-0.2, -0.15) is 0 Å². The highest BCUT2D eigenvalue weighted by Gasteiger charge is 2.22. The highest BCUT2D eigenvalue weighted by atomic mass is 35.5. The number of rotatable bonds is 5. The van der Waals surface area contributed by atoms with Crippen molar-refractivity contribution in [3.05, 3.63) is 106 Å². The van der Waals surface area contributed by atoms with E-state index in [9.17, 15) is 9.59 Å². The lowest BCUT2D eigenvalue weighted by Gasteiger charge is -2.36. The number of nitrogens with zero attached hydrogens (tertiary/aromatic N) is 2. The quantitative estimate of drug-likeness (QED) is 0.269. The molecule has 0 unspecified atom stereocenters. The summed E-state index contributed by atoms with van der Waals surface area (Å²) in [6.07, 6.45) is 0. The van der Waals surface area contributed by atoms with E-state index in [1.54, 1.807) is 30.3 Å². The topological polar surface area (TPSA) is 77.8 Å². The van der Waals surface area contributed by atoms with Gasteiger partial charge in [0.1, 0.15) is 5.76 Å². The predicted octanol–water partition coefficient (Wildman–Crippen LogP) is 6.34. The fraction of sp³-hybridized carbons (Fsp3) is 0.138. The summed E-state index contributed by atoms with van der Waals surface area (Å²) in [5.41, 5.74) is 3.08. The summed E-state index contributed by atoms with van der Waals surface area (Å²) in [4.78, 5) is 29.5. The van der Waals surface area contributed by atoms with Crippen molar-refractivity contribution >= 4 is 63.7 Å². The average Bonchev–Trinajstić information content (AvgIpc) is 3.45. The molecule has 5 rings (SSSR count). The van der Waals surface area contributed by atoms with Crippen LogP contribution in [0.4, 0.5) is 11.4 Å². The first-order valence-electron chi connectivity index (χ1n) is 12.2. The highest BCUT2D eigenvalue weighted by Crippen LogP contribution is 2.31. The normalized spacial score (nSPS) is 13.2. The van der Waals surface area contributed by atoms with Crippen LogP contribution in [0.3, 0.4) is 0 Å². The molecule has 39 heavy (non-hydrogen) atoms. The molecule has 7 nitrogen and oxygen atoms in total. The second-order valence-corrected chi connectivity index (χ2v) is 10.1. The minimum atomic E-state index is -0.489. The van der Waals surface area contributed by atoms with E-state index in [0.29, 0.717) is 40.0 Å². The largest absolute Gasteiger partial charge is 0.451 e. The van der Waals surface area contributed by atoms with Crippen LogP contribution in [0.15, 0.2) is 89.3 Å². The Kier molecular flexibility index (Phi) is 8.16. The monoisotopic (exact) mass is 578 g/mol. The SMILES string of the molecule is O=C(NC(=S)Nc1ccc(N2CCN(C(=O)c3ccccc3)CC2)cc1)c1ccc(-c2cc(Cl)ccc2Cl)o1. The highest BCUT2D eigenvalue weighted by molar-refractivity contribution is 7.80. The van der Waals surface area contributed by atoms with E-state index in [1.807, 2.05) is 59.5 Å². The molecule has 1 saturated heterocycles. The number of thiocarbonyl (C=S) groups is 1. The van der Waals surface area contributed by atoms with Gasteiger partial charge in [-0.05, 0) is 78.9 Å². The van der Waals surface area contributed by atoms with Crippen LogP contribution in [0.1, 0.15) is 20.9 Å². The van der Waals surface area contributed by atoms with Gasteiger partial charge in [-0.3, -0.25) is 14.9 Å². The Hall–Kier alpha value is -3.85. The molecule has 10 heteroatoms. The Morgan fingerprint density at radius 3 is 2.28 bits per heavy atom. The number of hydrogen-bond acceptors (Lipinski definition) is 5. The first kappa shape index (κ1) is 26.7. The number of nitrogens with one attached hydrogen (secondary N) is 2. The van der Waals surface area contributed by atoms with Crippen LogP contribution in [0, 0.1) is 0 Å². The number of halogens is 2. The second kappa shape index (κ2) is 11.9. The van der Waals surface area contributed by atoms with E-state index in [-0.39, 0.29) is 16.8 Å². The van der Waals surface area contributed by atoms with Crippen molar-refractivity contribution in [2.45, 2.75) is 0 Å². The van der Waals surface area contributed by atoms with Crippen LogP contribution in [-0.4, -0.2) is 48.0 Å². The fourth-order valence-corrected chi connectivity index (χ4v) is 4.90. The van der Waals surface area contributed by atoms with Crippen LogP contribution < -0.4 is 15.5 Å². The maximum Gasteiger partial charge on any atom is 0.293 e. The van der Waals surface area contributed by atoms with Gasteiger partial charge < -0.3 is 19.5 Å². The number of carbonyl (C=O) groups is 2. The maximum atomic E-state index is 12.7. The number of furan rings is 1. The van der Waals surface area contributed by atoms with Crippen molar-refractivity contribution in [3.63, 3.8) is 0 Å². The van der Waals surface area contributed by atoms with Gasteiger partial charge in [0.25, 0.3) is 11.8 Å².